The van der Waals surface area contributed by atoms with Gasteiger partial charge in [0.1, 0.15) is 0 Å². The third-order valence-corrected chi connectivity index (χ3v) is 3.39. The lowest BCUT2D eigenvalue weighted by Gasteiger charge is -2.29. The molecule has 0 bridgehead atoms. The second-order valence-corrected chi connectivity index (χ2v) is 5.00. The Hall–Kier alpha value is -2.64. The molecule has 0 aliphatic rings. The summed E-state index contributed by atoms with van der Waals surface area (Å²) in [7, 11) is 0. The van der Waals surface area contributed by atoms with Crippen molar-refractivity contribution in [3.05, 3.63) is 71.3 Å². The second-order valence-electron chi connectivity index (χ2n) is 5.00. The van der Waals surface area contributed by atoms with Crippen LogP contribution in [0.2, 0.25) is 0 Å². The van der Waals surface area contributed by atoms with Crippen LogP contribution in [0.4, 0.5) is 0 Å². The molecule has 21 heavy (non-hydrogen) atoms. The number of hydrogen-bond donors (Lipinski definition) is 2. The fraction of sp³-hybridized carbons (Fsp3) is 0.176. The largest absolute Gasteiger partial charge is 0.394 e. The van der Waals surface area contributed by atoms with E-state index in [0.717, 1.165) is 5.56 Å². The van der Waals surface area contributed by atoms with Crippen LogP contribution in [0.25, 0.3) is 0 Å². The summed E-state index contributed by atoms with van der Waals surface area (Å²) in [6.07, 6.45) is 0. The highest BCUT2D eigenvalue weighted by Crippen LogP contribution is 2.20. The molecule has 0 aliphatic heterocycles. The molecule has 2 N–H and O–H groups in total. The van der Waals surface area contributed by atoms with E-state index >= 15 is 0 Å². The number of nitrogens with one attached hydrogen (secondary N) is 1. The summed E-state index contributed by atoms with van der Waals surface area (Å²) in [5.41, 5.74) is 0.922. The Morgan fingerprint density at radius 3 is 2.33 bits per heavy atom. The van der Waals surface area contributed by atoms with Crippen LogP contribution in [-0.4, -0.2) is 17.6 Å². The van der Waals surface area contributed by atoms with E-state index in [0.29, 0.717) is 11.1 Å². The zero-order valence-electron chi connectivity index (χ0n) is 11.7. The van der Waals surface area contributed by atoms with E-state index < -0.39 is 5.54 Å². The van der Waals surface area contributed by atoms with Gasteiger partial charge in [-0.3, -0.25) is 4.79 Å². The first-order valence-corrected chi connectivity index (χ1v) is 6.58. The van der Waals surface area contributed by atoms with Crippen molar-refractivity contribution in [1.82, 2.24) is 5.32 Å². The molecule has 0 aromatic heterocycles. The summed E-state index contributed by atoms with van der Waals surface area (Å²) in [5, 5.41) is 21.3. The highest BCUT2D eigenvalue weighted by atomic mass is 16.3. The maximum absolute atomic E-state index is 12.3. The van der Waals surface area contributed by atoms with Crippen LogP contribution in [0.5, 0.6) is 0 Å². The molecule has 2 rings (SSSR count). The van der Waals surface area contributed by atoms with Gasteiger partial charge in [0.25, 0.3) is 5.91 Å². The van der Waals surface area contributed by atoms with Crippen molar-refractivity contribution in [2.45, 2.75) is 12.5 Å². The van der Waals surface area contributed by atoms with Gasteiger partial charge in [-0.25, -0.2) is 0 Å². The summed E-state index contributed by atoms with van der Waals surface area (Å²) in [6, 6.07) is 17.7. The van der Waals surface area contributed by atoms with Gasteiger partial charge in [0, 0.05) is 5.56 Å². The molecule has 0 fully saturated rings. The first-order valence-electron chi connectivity index (χ1n) is 6.58. The number of rotatable bonds is 4. The predicted molar refractivity (Wildman–Crippen MR) is 79.5 cm³/mol. The van der Waals surface area contributed by atoms with Gasteiger partial charge in [0.2, 0.25) is 0 Å². The lowest BCUT2D eigenvalue weighted by molar-refractivity contribution is 0.0849. The summed E-state index contributed by atoms with van der Waals surface area (Å²) in [6.45, 7) is 1.56. The quantitative estimate of drug-likeness (QED) is 0.901. The highest BCUT2D eigenvalue weighted by molar-refractivity contribution is 5.94. The minimum absolute atomic E-state index is 0.209. The van der Waals surface area contributed by atoms with E-state index in [-0.39, 0.29) is 12.5 Å². The fourth-order valence-corrected chi connectivity index (χ4v) is 2.03. The first kappa shape index (κ1) is 14.8. The Morgan fingerprint density at radius 2 is 1.81 bits per heavy atom. The second kappa shape index (κ2) is 6.21. The number of hydrogen-bond acceptors (Lipinski definition) is 3. The monoisotopic (exact) mass is 280 g/mol. The van der Waals surface area contributed by atoms with Crippen molar-refractivity contribution in [1.29, 1.82) is 5.26 Å². The van der Waals surface area contributed by atoms with Crippen molar-refractivity contribution in [3.63, 3.8) is 0 Å². The van der Waals surface area contributed by atoms with Gasteiger partial charge in [-0.1, -0.05) is 30.3 Å². The van der Waals surface area contributed by atoms with Crippen LogP contribution in [0, 0.1) is 11.3 Å². The van der Waals surface area contributed by atoms with E-state index in [9.17, 15) is 9.90 Å². The number of amides is 1. The standard InChI is InChI=1S/C17H16N2O2/c1-17(12-20,15-5-3-2-4-6-15)19-16(21)14-9-7-13(11-18)8-10-14/h2-10,20H,12H2,1H3,(H,19,21). The smallest absolute Gasteiger partial charge is 0.252 e. The lowest BCUT2D eigenvalue weighted by Crippen LogP contribution is -2.46. The Labute approximate surface area is 123 Å². The molecule has 2 aromatic rings. The van der Waals surface area contributed by atoms with Crippen molar-refractivity contribution in [2.24, 2.45) is 0 Å². The van der Waals surface area contributed by atoms with Gasteiger partial charge < -0.3 is 10.4 Å². The zero-order chi connectivity index (χ0) is 15.3. The Kier molecular flexibility index (Phi) is 4.36. The van der Waals surface area contributed by atoms with Crippen molar-refractivity contribution in [3.8, 4) is 6.07 Å². The maximum atomic E-state index is 12.3. The topological polar surface area (TPSA) is 73.1 Å². The molecule has 1 atom stereocenters. The third kappa shape index (κ3) is 3.28. The number of carbonyl (C=O) groups excluding carboxylic acids is 1. The van der Waals surface area contributed by atoms with Crippen molar-refractivity contribution in [2.75, 3.05) is 6.61 Å². The number of benzene rings is 2. The molecule has 0 saturated carbocycles. The highest BCUT2D eigenvalue weighted by Gasteiger charge is 2.28. The Bertz CT molecular complexity index is 659. The summed E-state index contributed by atoms with van der Waals surface area (Å²) >= 11 is 0. The lowest BCUT2D eigenvalue weighted by atomic mass is 9.92. The molecule has 4 nitrogen and oxygen atoms in total. The van der Waals surface area contributed by atoms with E-state index in [1.807, 2.05) is 36.4 Å². The zero-order valence-corrected chi connectivity index (χ0v) is 11.7. The summed E-state index contributed by atoms with van der Waals surface area (Å²) < 4.78 is 0. The Morgan fingerprint density at radius 1 is 1.19 bits per heavy atom. The molecule has 1 amide bonds. The molecule has 2 aromatic carbocycles. The van der Waals surface area contributed by atoms with Gasteiger partial charge in [-0.05, 0) is 36.8 Å². The number of aliphatic hydroxyl groups is 1. The van der Waals surface area contributed by atoms with E-state index in [4.69, 9.17) is 5.26 Å². The van der Waals surface area contributed by atoms with Crippen molar-refractivity contribution < 1.29 is 9.90 Å². The summed E-state index contributed by atoms with van der Waals surface area (Å²) in [4.78, 5) is 12.3. The van der Waals surface area contributed by atoms with Crippen LogP contribution in [-0.2, 0) is 5.54 Å². The van der Waals surface area contributed by atoms with Gasteiger partial charge in [-0.2, -0.15) is 5.26 Å². The average molecular weight is 280 g/mol. The third-order valence-electron chi connectivity index (χ3n) is 3.39. The van der Waals surface area contributed by atoms with Crippen LogP contribution >= 0.6 is 0 Å². The van der Waals surface area contributed by atoms with Gasteiger partial charge >= 0.3 is 0 Å². The average Bonchev–Trinajstić information content (AvgIpc) is 2.55. The van der Waals surface area contributed by atoms with Crippen LogP contribution in [0.15, 0.2) is 54.6 Å². The molecule has 0 aliphatic carbocycles. The number of nitriles is 1. The van der Waals surface area contributed by atoms with Crippen molar-refractivity contribution >= 4 is 5.91 Å². The molecular weight excluding hydrogens is 264 g/mol. The molecule has 0 heterocycles. The minimum Gasteiger partial charge on any atom is -0.394 e. The molecule has 0 saturated heterocycles. The number of nitrogens with zero attached hydrogens (tertiary/aromatic N) is 1. The van der Waals surface area contributed by atoms with Crippen LogP contribution in [0.1, 0.15) is 28.4 Å². The fourth-order valence-electron chi connectivity index (χ4n) is 2.03. The van der Waals surface area contributed by atoms with E-state index in [2.05, 4.69) is 5.32 Å². The Balaban J connectivity index is 2.22. The minimum atomic E-state index is -0.855. The number of aliphatic hydroxyl groups excluding tert-OH is 1. The normalized spacial score (nSPS) is 13.0. The predicted octanol–water partition coefficient (Wildman–Crippen LogP) is 2.20. The number of carbonyl (C=O) groups is 1. The molecule has 0 spiro atoms. The van der Waals surface area contributed by atoms with Gasteiger partial charge in [0.15, 0.2) is 0 Å². The van der Waals surface area contributed by atoms with E-state index in [1.54, 1.807) is 31.2 Å². The molecule has 106 valence electrons. The molecule has 1 unspecified atom stereocenters. The van der Waals surface area contributed by atoms with E-state index in [1.165, 1.54) is 0 Å². The summed E-state index contributed by atoms with van der Waals surface area (Å²) in [5.74, 6) is -0.292. The van der Waals surface area contributed by atoms with Gasteiger partial charge in [0.05, 0.1) is 23.8 Å². The SMILES string of the molecule is CC(CO)(NC(=O)c1ccc(C#N)cc1)c1ccccc1. The molecule has 0 radical (unpaired) electrons. The molecule has 4 heteroatoms. The van der Waals surface area contributed by atoms with Crippen LogP contribution < -0.4 is 5.32 Å². The van der Waals surface area contributed by atoms with Crippen LogP contribution in [0.3, 0.4) is 0 Å². The van der Waals surface area contributed by atoms with Gasteiger partial charge in [-0.15, -0.1) is 0 Å². The molecular formula is C17H16N2O2. The maximum Gasteiger partial charge on any atom is 0.252 e. The first-order chi connectivity index (χ1) is 10.1.